The van der Waals surface area contributed by atoms with Gasteiger partial charge in [-0.05, 0) is 73.9 Å². The van der Waals surface area contributed by atoms with Gasteiger partial charge in [0, 0.05) is 23.8 Å². The maximum atomic E-state index is 5.44. The van der Waals surface area contributed by atoms with Gasteiger partial charge in [0.2, 0.25) is 0 Å². The van der Waals surface area contributed by atoms with Crippen molar-refractivity contribution >= 4 is 23.0 Å². The van der Waals surface area contributed by atoms with E-state index in [-0.39, 0.29) is 6.04 Å². The van der Waals surface area contributed by atoms with Gasteiger partial charge in [-0.3, -0.25) is 0 Å². The molecule has 2 aromatic carbocycles. The Morgan fingerprint density at radius 1 is 1.08 bits per heavy atom. The van der Waals surface area contributed by atoms with Crippen LogP contribution in [-0.2, 0) is 0 Å². The Bertz CT molecular complexity index is 854. The SMILES string of the molecule is Cc1ccc(NC(=S)NC(C)c2ccc(-n3ccnc3)cc2)cc1C. The van der Waals surface area contributed by atoms with Crippen LogP contribution in [0.5, 0.6) is 0 Å². The van der Waals surface area contributed by atoms with E-state index in [4.69, 9.17) is 12.2 Å². The number of rotatable bonds is 4. The lowest BCUT2D eigenvalue weighted by atomic mass is 10.1. The van der Waals surface area contributed by atoms with Crippen LogP contribution in [0.3, 0.4) is 0 Å². The number of benzene rings is 2. The van der Waals surface area contributed by atoms with E-state index >= 15 is 0 Å². The summed E-state index contributed by atoms with van der Waals surface area (Å²) in [5.41, 5.74) is 5.78. The molecule has 4 nitrogen and oxygen atoms in total. The van der Waals surface area contributed by atoms with Crippen molar-refractivity contribution in [3.05, 3.63) is 77.9 Å². The summed E-state index contributed by atoms with van der Waals surface area (Å²) >= 11 is 5.44. The second-order valence-corrected chi connectivity index (χ2v) is 6.59. The highest BCUT2D eigenvalue weighted by atomic mass is 32.1. The smallest absolute Gasteiger partial charge is 0.171 e. The van der Waals surface area contributed by atoms with Crippen molar-refractivity contribution in [2.75, 3.05) is 5.32 Å². The fourth-order valence-electron chi connectivity index (χ4n) is 2.61. The van der Waals surface area contributed by atoms with E-state index in [1.165, 1.54) is 16.7 Å². The minimum atomic E-state index is 0.114. The fraction of sp³-hybridized carbons (Fsp3) is 0.200. The van der Waals surface area contributed by atoms with Crippen LogP contribution in [0.1, 0.15) is 29.7 Å². The largest absolute Gasteiger partial charge is 0.356 e. The van der Waals surface area contributed by atoms with Crippen LogP contribution in [0.25, 0.3) is 5.69 Å². The Hall–Kier alpha value is -2.66. The summed E-state index contributed by atoms with van der Waals surface area (Å²) in [4.78, 5) is 4.07. The van der Waals surface area contributed by atoms with Crippen molar-refractivity contribution in [3.8, 4) is 5.69 Å². The highest BCUT2D eigenvalue weighted by Gasteiger charge is 2.08. The van der Waals surface area contributed by atoms with E-state index in [1.54, 1.807) is 12.5 Å². The molecular weight excluding hydrogens is 328 g/mol. The first-order valence-corrected chi connectivity index (χ1v) is 8.67. The first-order valence-electron chi connectivity index (χ1n) is 8.26. The molecule has 0 spiro atoms. The molecule has 0 radical (unpaired) electrons. The average molecular weight is 350 g/mol. The molecule has 0 fully saturated rings. The number of imidazole rings is 1. The van der Waals surface area contributed by atoms with E-state index in [0.29, 0.717) is 5.11 Å². The lowest BCUT2D eigenvalue weighted by molar-refractivity contribution is 0.722. The van der Waals surface area contributed by atoms with E-state index in [1.807, 2.05) is 16.8 Å². The maximum absolute atomic E-state index is 5.44. The number of aromatic nitrogens is 2. The fourth-order valence-corrected chi connectivity index (χ4v) is 2.91. The van der Waals surface area contributed by atoms with Gasteiger partial charge in [0.15, 0.2) is 5.11 Å². The molecule has 1 heterocycles. The topological polar surface area (TPSA) is 41.9 Å². The van der Waals surface area contributed by atoms with Gasteiger partial charge in [-0.25, -0.2) is 4.98 Å². The molecule has 3 aromatic rings. The van der Waals surface area contributed by atoms with Crippen LogP contribution in [0.4, 0.5) is 5.69 Å². The number of anilines is 1. The van der Waals surface area contributed by atoms with E-state index < -0.39 is 0 Å². The van der Waals surface area contributed by atoms with E-state index in [9.17, 15) is 0 Å². The number of nitrogens with one attached hydrogen (secondary N) is 2. The Morgan fingerprint density at radius 2 is 1.84 bits per heavy atom. The molecular formula is C20H22N4S. The first-order chi connectivity index (χ1) is 12.0. The van der Waals surface area contributed by atoms with Gasteiger partial charge in [0.25, 0.3) is 0 Å². The molecule has 1 aromatic heterocycles. The van der Waals surface area contributed by atoms with Crippen LogP contribution in [-0.4, -0.2) is 14.7 Å². The lowest BCUT2D eigenvalue weighted by Gasteiger charge is -2.18. The summed E-state index contributed by atoms with van der Waals surface area (Å²) in [7, 11) is 0. The van der Waals surface area contributed by atoms with Crippen LogP contribution in [0.15, 0.2) is 61.2 Å². The minimum Gasteiger partial charge on any atom is -0.356 e. The zero-order valence-corrected chi connectivity index (χ0v) is 15.5. The molecule has 0 bridgehead atoms. The van der Waals surface area contributed by atoms with E-state index in [2.05, 4.69) is 72.8 Å². The summed E-state index contributed by atoms with van der Waals surface area (Å²) in [5.74, 6) is 0. The third-order valence-corrected chi connectivity index (χ3v) is 4.53. The zero-order valence-electron chi connectivity index (χ0n) is 14.7. The van der Waals surface area contributed by atoms with Crippen molar-refractivity contribution in [1.29, 1.82) is 0 Å². The van der Waals surface area contributed by atoms with Crippen LogP contribution >= 0.6 is 12.2 Å². The number of thiocarbonyl (C=S) groups is 1. The van der Waals surface area contributed by atoms with Gasteiger partial charge in [-0.1, -0.05) is 18.2 Å². The number of hydrogen-bond donors (Lipinski definition) is 2. The van der Waals surface area contributed by atoms with Gasteiger partial charge < -0.3 is 15.2 Å². The maximum Gasteiger partial charge on any atom is 0.171 e. The van der Waals surface area contributed by atoms with Crippen molar-refractivity contribution in [2.24, 2.45) is 0 Å². The molecule has 25 heavy (non-hydrogen) atoms. The summed E-state index contributed by atoms with van der Waals surface area (Å²) in [6.07, 6.45) is 5.49. The van der Waals surface area contributed by atoms with Crippen LogP contribution < -0.4 is 10.6 Å². The molecule has 0 saturated heterocycles. The van der Waals surface area contributed by atoms with Crippen molar-refractivity contribution in [1.82, 2.24) is 14.9 Å². The Kier molecular flexibility index (Phi) is 5.14. The molecule has 1 unspecified atom stereocenters. The summed E-state index contributed by atoms with van der Waals surface area (Å²) in [6.45, 7) is 6.30. The Morgan fingerprint density at radius 3 is 2.48 bits per heavy atom. The number of aryl methyl sites for hydroxylation is 2. The van der Waals surface area contributed by atoms with Crippen molar-refractivity contribution < 1.29 is 0 Å². The lowest BCUT2D eigenvalue weighted by Crippen LogP contribution is -2.30. The standard InChI is InChI=1S/C20H22N4S/c1-14-4-7-18(12-15(14)2)23-20(25)22-16(3)17-5-8-19(9-6-17)24-11-10-21-13-24/h4-13,16H,1-3H3,(H2,22,23,25). The van der Waals surface area contributed by atoms with Crippen molar-refractivity contribution in [3.63, 3.8) is 0 Å². The summed E-state index contributed by atoms with van der Waals surface area (Å²) < 4.78 is 1.98. The normalized spacial score (nSPS) is 11.8. The zero-order chi connectivity index (χ0) is 17.8. The van der Waals surface area contributed by atoms with Gasteiger partial charge in [-0.15, -0.1) is 0 Å². The van der Waals surface area contributed by atoms with E-state index in [0.717, 1.165) is 11.4 Å². The molecule has 0 saturated carbocycles. The Labute approximate surface area is 153 Å². The predicted octanol–water partition coefficient (Wildman–Crippen LogP) is 4.54. The van der Waals surface area contributed by atoms with Crippen LogP contribution in [0, 0.1) is 13.8 Å². The average Bonchev–Trinajstić information content (AvgIpc) is 3.13. The second kappa shape index (κ2) is 7.49. The molecule has 5 heteroatoms. The second-order valence-electron chi connectivity index (χ2n) is 6.18. The monoisotopic (exact) mass is 350 g/mol. The predicted molar refractivity (Wildman–Crippen MR) is 107 cm³/mol. The van der Waals surface area contributed by atoms with Gasteiger partial charge in [-0.2, -0.15) is 0 Å². The molecule has 1 atom stereocenters. The quantitative estimate of drug-likeness (QED) is 0.678. The third-order valence-electron chi connectivity index (χ3n) is 4.31. The van der Waals surface area contributed by atoms with Gasteiger partial charge >= 0.3 is 0 Å². The number of hydrogen-bond acceptors (Lipinski definition) is 2. The summed E-state index contributed by atoms with van der Waals surface area (Å²) in [6, 6.07) is 14.7. The summed E-state index contributed by atoms with van der Waals surface area (Å²) in [5, 5.41) is 7.21. The first kappa shape index (κ1) is 17.2. The Balaban J connectivity index is 1.62. The molecule has 128 valence electrons. The molecule has 0 aliphatic carbocycles. The van der Waals surface area contributed by atoms with Gasteiger partial charge in [0.05, 0.1) is 12.4 Å². The molecule has 0 amide bonds. The molecule has 3 rings (SSSR count). The molecule has 2 N–H and O–H groups in total. The molecule has 0 aliphatic rings. The molecule has 0 aliphatic heterocycles. The highest BCUT2D eigenvalue weighted by molar-refractivity contribution is 7.80. The third kappa shape index (κ3) is 4.25. The van der Waals surface area contributed by atoms with Crippen LogP contribution in [0.2, 0.25) is 0 Å². The minimum absolute atomic E-state index is 0.114. The highest BCUT2D eigenvalue weighted by Crippen LogP contribution is 2.17. The van der Waals surface area contributed by atoms with Crippen molar-refractivity contribution in [2.45, 2.75) is 26.8 Å². The van der Waals surface area contributed by atoms with Gasteiger partial charge in [0.1, 0.15) is 0 Å². The number of nitrogens with zero attached hydrogens (tertiary/aromatic N) is 2.